The summed E-state index contributed by atoms with van der Waals surface area (Å²) in [5.41, 5.74) is 3.26. The molecule has 0 spiro atoms. The van der Waals surface area contributed by atoms with E-state index in [0.717, 1.165) is 11.1 Å². The maximum Gasteiger partial charge on any atom is 0.322 e. The number of urea groups is 1. The van der Waals surface area contributed by atoms with Crippen molar-refractivity contribution >= 4 is 17.6 Å². The number of hydrogen-bond donors (Lipinski definition) is 3. The number of aliphatic hydroxyl groups excluding tert-OH is 1. The van der Waals surface area contributed by atoms with Crippen LogP contribution in [0.3, 0.4) is 0 Å². The molecule has 0 aliphatic carbocycles. The molecule has 0 unspecified atom stereocenters. The van der Waals surface area contributed by atoms with Crippen LogP contribution in [-0.4, -0.2) is 39.6 Å². The van der Waals surface area contributed by atoms with Crippen LogP contribution in [0.5, 0.6) is 0 Å². The SMILES string of the molecule is CC(C)[C@@H](CO)NC(=O)c1ccc(NC(=O)N2Cc3ccncc3C2)cc1. The number of benzene rings is 1. The van der Waals surface area contributed by atoms with Crippen LogP contribution in [0.1, 0.15) is 35.3 Å². The molecule has 1 aromatic heterocycles. The van der Waals surface area contributed by atoms with Crippen molar-refractivity contribution in [2.24, 2.45) is 5.92 Å². The third-order valence-electron chi connectivity index (χ3n) is 4.73. The van der Waals surface area contributed by atoms with Crippen molar-refractivity contribution in [2.45, 2.75) is 33.0 Å². The van der Waals surface area contributed by atoms with Gasteiger partial charge in [0.05, 0.1) is 12.6 Å². The van der Waals surface area contributed by atoms with Gasteiger partial charge in [-0.15, -0.1) is 0 Å². The second kappa shape index (κ2) is 8.18. The van der Waals surface area contributed by atoms with Crippen molar-refractivity contribution < 1.29 is 14.7 Å². The number of carbonyl (C=O) groups excluding carboxylic acids is 2. The number of pyridine rings is 1. The Morgan fingerprint density at radius 2 is 1.85 bits per heavy atom. The van der Waals surface area contributed by atoms with E-state index in [-0.39, 0.29) is 30.5 Å². The second-order valence-corrected chi connectivity index (χ2v) is 7.01. The molecule has 0 saturated heterocycles. The minimum atomic E-state index is -0.289. The van der Waals surface area contributed by atoms with Crippen LogP contribution in [0, 0.1) is 5.92 Å². The van der Waals surface area contributed by atoms with E-state index in [1.165, 1.54) is 0 Å². The molecule has 3 amide bonds. The number of nitrogens with one attached hydrogen (secondary N) is 2. The van der Waals surface area contributed by atoms with Gasteiger partial charge in [-0.2, -0.15) is 0 Å². The van der Waals surface area contributed by atoms with E-state index in [4.69, 9.17) is 0 Å². The highest BCUT2D eigenvalue weighted by atomic mass is 16.3. The molecule has 0 saturated carbocycles. The molecule has 7 nitrogen and oxygen atoms in total. The van der Waals surface area contributed by atoms with Gasteiger partial charge in [-0.1, -0.05) is 13.8 Å². The Morgan fingerprint density at radius 1 is 1.15 bits per heavy atom. The maximum atomic E-state index is 12.4. The summed E-state index contributed by atoms with van der Waals surface area (Å²) in [6.45, 7) is 4.86. The molecule has 0 bridgehead atoms. The van der Waals surface area contributed by atoms with Gasteiger partial charge in [-0.3, -0.25) is 9.78 Å². The van der Waals surface area contributed by atoms with Gasteiger partial charge in [-0.25, -0.2) is 4.79 Å². The molecular formula is C20H24N4O3. The van der Waals surface area contributed by atoms with Crippen LogP contribution in [0.2, 0.25) is 0 Å². The number of fused-ring (bicyclic) bond motifs is 1. The first kappa shape index (κ1) is 18.8. The highest BCUT2D eigenvalue weighted by Crippen LogP contribution is 2.22. The molecule has 1 atom stereocenters. The van der Waals surface area contributed by atoms with Crippen molar-refractivity contribution in [1.82, 2.24) is 15.2 Å². The molecule has 1 aromatic carbocycles. The lowest BCUT2D eigenvalue weighted by molar-refractivity contribution is 0.0897. The molecular weight excluding hydrogens is 344 g/mol. The Balaban J connectivity index is 1.58. The zero-order valence-electron chi connectivity index (χ0n) is 15.5. The molecule has 0 radical (unpaired) electrons. The van der Waals surface area contributed by atoms with E-state index < -0.39 is 0 Å². The fourth-order valence-corrected chi connectivity index (χ4v) is 2.95. The highest BCUT2D eigenvalue weighted by Gasteiger charge is 2.23. The maximum absolute atomic E-state index is 12.4. The van der Waals surface area contributed by atoms with Crippen LogP contribution in [0.25, 0.3) is 0 Å². The summed E-state index contributed by atoms with van der Waals surface area (Å²) < 4.78 is 0. The van der Waals surface area contributed by atoms with E-state index in [2.05, 4.69) is 15.6 Å². The summed E-state index contributed by atoms with van der Waals surface area (Å²) in [5, 5.41) is 15.0. The van der Waals surface area contributed by atoms with E-state index in [9.17, 15) is 14.7 Å². The zero-order chi connectivity index (χ0) is 19.4. The lowest BCUT2D eigenvalue weighted by Crippen LogP contribution is -2.41. The van der Waals surface area contributed by atoms with Crippen LogP contribution in [-0.2, 0) is 13.1 Å². The van der Waals surface area contributed by atoms with Crippen molar-refractivity contribution in [3.63, 3.8) is 0 Å². The number of amides is 3. The summed E-state index contributed by atoms with van der Waals surface area (Å²) in [7, 11) is 0. The van der Waals surface area contributed by atoms with Gasteiger partial charge in [0.15, 0.2) is 0 Å². The number of anilines is 1. The van der Waals surface area contributed by atoms with Crippen molar-refractivity contribution in [3.05, 3.63) is 59.4 Å². The number of rotatable bonds is 5. The summed E-state index contributed by atoms with van der Waals surface area (Å²) in [5.74, 6) is -0.111. The highest BCUT2D eigenvalue weighted by molar-refractivity contribution is 5.95. The zero-order valence-corrected chi connectivity index (χ0v) is 15.5. The summed E-state index contributed by atoms with van der Waals surface area (Å²) in [6, 6.07) is 8.14. The van der Waals surface area contributed by atoms with Crippen LogP contribution < -0.4 is 10.6 Å². The average Bonchev–Trinajstić information content (AvgIpc) is 3.10. The van der Waals surface area contributed by atoms with Crippen molar-refractivity contribution in [2.75, 3.05) is 11.9 Å². The molecule has 1 aliphatic rings. The molecule has 142 valence electrons. The van der Waals surface area contributed by atoms with Gasteiger partial charge in [0.2, 0.25) is 0 Å². The van der Waals surface area contributed by atoms with Gasteiger partial charge < -0.3 is 20.6 Å². The van der Waals surface area contributed by atoms with Gasteiger partial charge in [0, 0.05) is 36.7 Å². The first-order valence-electron chi connectivity index (χ1n) is 8.97. The fraction of sp³-hybridized carbons (Fsp3) is 0.350. The smallest absolute Gasteiger partial charge is 0.322 e. The second-order valence-electron chi connectivity index (χ2n) is 7.01. The Bertz CT molecular complexity index is 795. The molecule has 2 heterocycles. The van der Waals surface area contributed by atoms with Gasteiger partial charge >= 0.3 is 6.03 Å². The summed E-state index contributed by atoms with van der Waals surface area (Å²) >= 11 is 0. The Hall–Kier alpha value is -2.93. The van der Waals surface area contributed by atoms with Crippen molar-refractivity contribution in [3.8, 4) is 0 Å². The van der Waals surface area contributed by atoms with Crippen LogP contribution in [0.15, 0.2) is 42.7 Å². The molecule has 3 N–H and O–H groups in total. The number of aliphatic hydroxyl groups is 1. The number of hydrogen-bond acceptors (Lipinski definition) is 4. The Labute approximate surface area is 158 Å². The summed E-state index contributed by atoms with van der Waals surface area (Å²) in [6.07, 6.45) is 3.51. The largest absolute Gasteiger partial charge is 0.394 e. The lowest BCUT2D eigenvalue weighted by atomic mass is 10.0. The number of carbonyl (C=O) groups is 2. The predicted octanol–water partition coefficient (Wildman–Crippen LogP) is 2.38. The van der Waals surface area contributed by atoms with Crippen molar-refractivity contribution in [1.29, 1.82) is 0 Å². The van der Waals surface area contributed by atoms with Gasteiger partial charge in [0.25, 0.3) is 5.91 Å². The molecule has 27 heavy (non-hydrogen) atoms. The summed E-state index contributed by atoms with van der Waals surface area (Å²) in [4.78, 5) is 30.5. The molecule has 7 heteroatoms. The molecule has 1 aliphatic heterocycles. The van der Waals surface area contributed by atoms with E-state index in [1.807, 2.05) is 19.9 Å². The van der Waals surface area contributed by atoms with Gasteiger partial charge in [0.1, 0.15) is 0 Å². The quantitative estimate of drug-likeness (QED) is 0.755. The Morgan fingerprint density at radius 3 is 2.48 bits per heavy atom. The monoisotopic (exact) mass is 368 g/mol. The minimum absolute atomic E-state index is 0.106. The lowest BCUT2D eigenvalue weighted by Gasteiger charge is -2.20. The average molecular weight is 368 g/mol. The molecule has 3 rings (SSSR count). The standard InChI is InChI=1S/C20H24N4O3/c1-13(2)18(12-25)23-19(26)14-3-5-17(6-4-14)22-20(27)24-10-15-7-8-21-9-16(15)11-24/h3-9,13,18,25H,10-12H2,1-2H3,(H,22,27)(H,23,26)/t18-/m1/s1. The first-order valence-corrected chi connectivity index (χ1v) is 8.97. The normalized spacial score (nSPS) is 14.0. The fourth-order valence-electron chi connectivity index (χ4n) is 2.95. The van der Waals surface area contributed by atoms with E-state index >= 15 is 0 Å². The first-order chi connectivity index (χ1) is 13.0. The van der Waals surface area contributed by atoms with Crippen LogP contribution >= 0.6 is 0 Å². The third kappa shape index (κ3) is 4.43. The minimum Gasteiger partial charge on any atom is -0.394 e. The molecule has 2 aromatic rings. The van der Waals surface area contributed by atoms with E-state index in [0.29, 0.717) is 24.3 Å². The topological polar surface area (TPSA) is 94.6 Å². The third-order valence-corrected chi connectivity index (χ3v) is 4.73. The number of aromatic nitrogens is 1. The van der Waals surface area contributed by atoms with E-state index in [1.54, 1.807) is 41.6 Å². The molecule has 0 fully saturated rings. The van der Waals surface area contributed by atoms with Gasteiger partial charge in [-0.05, 0) is 47.4 Å². The Kier molecular flexibility index (Phi) is 5.71. The number of nitrogens with zero attached hydrogens (tertiary/aromatic N) is 2. The predicted molar refractivity (Wildman–Crippen MR) is 102 cm³/mol. The van der Waals surface area contributed by atoms with Crippen LogP contribution in [0.4, 0.5) is 10.5 Å².